The van der Waals surface area contributed by atoms with Crippen LogP contribution in [0.4, 0.5) is 0 Å². The highest BCUT2D eigenvalue weighted by Crippen LogP contribution is 2.24. The lowest BCUT2D eigenvalue weighted by Crippen LogP contribution is -2.02. The Morgan fingerprint density at radius 2 is 2.06 bits per heavy atom. The molecule has 0 amide bonds. The molecule has 2 heterocycles. The molecule has 0 aromatic carbocycles. The third-order valence-electron chi connectivity index (χ3n) is 2.53. The van der Waals surface area contributed by atoms with Crippen molar-refractivity contribution < 1.29 is 9.90 Å². The Bertz CT molecular complexity index is 607. The SMILES string of the molecule is CC(C)c1[nH]c2c(=O)cc[nH]c2c1C(=O)O. The van der Waals surface area contributed by atoms with Crippen LogP contribution in [0.3, 0.4) is 0 Å². The number of aromatic nitrogens is 2. The second kappa shape index (κ2) is 3.52. The van der Waals surface area contributed by atoms with Gasteiger partial charge in [0.25, 0.3) is 0 Å². The van der Waals surface area contributed by atoms with Crippen molar-refractivity contribution in [1.82, 2.24) is 9.97 Å². The lowest BCUT2D eigenvalue weighted by atomic mass is 10.1. The Balaban J connectivity index is 2.92. The topological polar surface area (TPSA) is 86.0 Å². The average Bonchev–Trinajstić information content (AvgIpc) is 2.58. The molecule has 3 N–H and O–H groups in total. The first-order valence-corrected chi connectivity index (χ1v) is 4.99. The summed E-state index contributed by atoms with van der Waals surface area (Å²) < 4.78 is 0. The van der Waals surface area contributed by atoms with Crippen LogP contribution in [0.5, 0.6) is 0 Å². The summed E-state index contributed by atoms with van der Waals surface area (Å²) in [7, 11) is 0. The van der Waals surface area contributed by atoms with Crippen molar-refractivity contribution in [3.05, 3.63) is 33.7 Å². The van der Waals surface area contributed by atoms with E-state index in [1.807, 2.05) is 13.8 Å². The Kier molecular flexibility index (Phi) is 2.30. The van der Waals surface area contributed by atoms with Crippen molar-refractivity contribution in [3.8, 4) is 0 Å². The molecular weight excluding hydrogens is 208 g/mol. The number of carboxylic acids is 1. The average molecular weight is 220 g/mol. The van der Waals surface area contributed by atoms with E-state index >= 15 is 0 Å². The summed E-state index contributed by atoms with van der Waals surface area (Å²) in [5.74, 6) is -1.01. The Labute approximate surface area is 91.1 Å². The third kappa shape index (κ3) is 1.41. The molecule has 0 atom stereocenters. The van der Waals surface area contributed by atoms with E-state index in [0.29, 0.717) is 16.7 Å². The number of H-pyrrole nitrogens is 2. The minimum absolute atomic E-state index is 0.0197. The molecule has 16 heavy (non-hydrogen) atoms. The number of nitrogens with one attached hydrogen (secondary N) is 2. The van der Waals surface area contributed by atoms with Gasteiger partial charge in [0.05, 0.1) is 5.52 Å². The first-order chi connectivity index (χ1) is 7.52. The number of carboxylic acid groups (broad SMARTS) is 1. The van der Waals surface area contributed by atoms with Crippen LogP contribution in [-0.4, -0.2) is 21.0 Å². The van der Waals surface area contributed by atoms with Crippen LogP contribution in [0, 0.1) is 0 Å². The number of hydrogen-bond donors (Lipinski definition) is 3. The minimum atomic E-state index is -1.03. The molecule has 2 aromatic rings. The van der Waals surface area contributed by atoms with Crippen molar-refractivity contribution in [2.24, 2.45) is 0 Å². The van der Waals surface area contributed by atoms with Gasteiger partial charge in [-0.2, -0.15) is 0 Å². The van der Waals surface area contributed by atoms with Gasteiger partial charge in [0.1, 0.15) is 11.1 Å². The first-order valence-electron chi connectivity index (χ1n) is 4.99. The van der Waals surface area contributed by atoms with Gasteiger partial charge in [-0.05, 0) is 5.92 Å². The van der Waals surface area contributed by atoms with Crippen LogP contribution in [-0.2, 0) is 0 Å². The largest absolute Gasteiger partial charge is 0.478 e. The van der Waals surface area contributed by atoms with Gasteiger partial charge in [-0.1, -0.05) is 13.8 Å². The predicted molar refractivity (Wildman–Crippen MR) is 60.0 cm³/mol. The Morgan fingerprint density at radius 1 is 1.38 bits per heavy atom. The van der Waals surface area contributed by atoms with E-state index in [1.54, 1.807) is 0 Å². The van der Waals surface area contributed by atoms with Gasteiger partial charge in [-0.15, -0.1) is 0 Å². The molecule has 0 unspecified atom stereocenters. The van der Waals surface area contributed by atoms with E-state index in [4.69, 9.17) is 5.11 Å². The number of hydrogen-bond acceptors (Lipinski definition) is 2. The quantitative estimate of drug-likeness (QED) is 0.719. The number of pyridine rings is 1. The highest BCUT2D eigenvalue weighted by atomic mass is 16.4. The van der Waals surface area contributed by atoms with Gasteiger partial charge >= 0.3 is 5.97 Å². The second-order valence-corrected chi connectivity index (χ2v) is 3.97. The minimum Gasteiger partial charge on any atom is -0.478 e. The molecule has 0 radical (unpaired) electrons. The summed E-state index contributed by atoms with van der Waals surface area (Å²) in [6.45, 7) is 3.75. The van der Waals surface area contributed by atoms with Gasteiger partial charge in [0.15, 0.2) is 0 Å². The standard InChI is InChI=1S/C11H12N2O3/c1-5(2)8-7(11(15)16)10-9(13-8)6(14)3-4-12-10/h3-5,13H,1-2H3,(H,12,14)(H,15,16). The maximum atomic E-state index is 11.5. The maximum Gasteiger partial charge on any atom is 0.339 e. The van der Waals surface area contributed by atoms with Crippen LogP contribution in [0.25, 0.3) is 11.0 Å². The summed E-state index contributed by atoms with van der Waals surface area (Å²) in [6.07, 6.45) is 1.45. The first kappa shape index (κ1) is 10.5. The normalized spacial score (nSPS) is 11.2. The van der Waals surface area contributed by atoms with E-state index in [-0.39, 0.29) is 16.9 Å². The molecule has 84 valence electrons. The zero-order valence-electron chi connectivity index (χ0n) is 9.00. The molecule has 0 fully saturated rings. The van der Waals surface area contributed by atoms with Gasteiger partial charge in [0.2, 0.25) is 5.43 Å². The van der Waals surface area contributed by atoms with Gasteiger partial charge in [-0.3, -0.25) is 4.79 Å². The molecule has 0 aliphatic heterocycles. The summed E-state index contributed by atoms with van der Waals surface area (Å²) in [5.41, 5.74) is 1.21. The molecule has 0 saturated heterocycles. The molecule has 0 spiro atoms. The van der Waals surface area contributed by atoms with Crippen LogP contribution >= 0.6 is 0 Å². The summed E-state index contributed by atoms with van der Waals surface area (Å²) in [5, 5.41) is 9.15. The van der Waals surface area contributed by atoms with E-state index in [1.165, 1.54) is 12.3 Å². The van der Waals surface area contributed by atoms with Gasteiger partial charge in [0, 0.05) is 18.0 Å². The number of fused-ring (bicyclic) bond motifs is 1. The van der Waals surface area contributed by atoms with Crippen LogP contribution in [0.2, 0.25) is 0 Å². The molecule has 2 rings (SSSR count). The van der Waals surface area contributed by atoms with Crippen molar-refractivity contribution in [3.63, 3.8) is 0 Å². The molecule has 5 nitrogen and oxygen atoms in total. The number of rotatable bonds is 2. The zero-order chi connectivity index (χ0) is 11.9. The van der Waals surface area contributed by atoms with Crippen molar-refractivity contribution in [1.29, 1.82) is 0 Å². The summed E-state index contributed by atoms with van der Waals surface area (Å²) >= 11 is 0. The summed E-state index contributed by atoms with van der Waals surface area (Å²) in [6, 6.07) is 1.37. The predicted octanol–water partition coefficient (Wildman–Crippen LogP) is 1.68. The maximum absolute atomic E-state index is 11.5. The lowest BCUT2D eigenvalue weighted by molar-refractivity contribution is 0.0697. The fourth-order valence-corrected chi connectivity index (χ4v) is 1.79. The fourth-order valence-electron chi connectivity index (χ4n) is 1.79. The molecule has 0 saturated carbocycles. The highest BCUT2D eigenvalue weighted by molar-refractivity contribution is 6.02. The Morgan fingerprint density at radius 3 is 2.62 bits per heavy atom. The van der Waals surface area contributed by atoms with Crippen molar-refractivity contribution in [2.75, 3.05) is 0 Å². The molecule has 0 aliphatic rings. The van der Waals surface area contributed by atoms with Gasteiger partial charge < -0.3 is 15.1 Å². The van der Waals surface area contributed by atoms with E-state index in [2.05, 4.69) is 9.97 Å². The number of aromatic amines is 2. The van der Waals surface area contributed by atoms with Crippen LogP contribution < -0.4 is 5.43 Å². The Hall–Kier alpha value is -2.04. The van der Waals surface area contributed by atoms with Crippen LogP contribution in [0.1, 0.15) is 35.8 Å². The van der Waals surface area contributed by atoms with Gasteiger partial charge in [-0.25, -0.2) is 4.79 Å². The molecule has 0 aliphatic carbocycles. The van der Waals surface area contributed by atoms with E-state index in [9.17, 15) is 9.59 Å². The van der Waals surface area contributed by atoms with Crippen LogP contribution in [0.15, 0.2) is 17.1 Å². The zero-order valence-corrected chi connectivity index (χ0v) is 9.00. The molecule has 0 bridgehead atoms. The van der Waals surface area contributed by atoms with E-state index < -0.39 is 5.97 Å². The second-order valence-electron chi connectivity index (χ2n) is 3.97. The molecular formula is C11H12N2O3. The van der Waals surface area contributed by atoms with E-state index in [0.717, 1.165) is 0 Å². The fraction of sp³-hybridized carbons (Fsp3) is 0.273. The molecule has 2 aromatic heterocycles. The summed E-state index contributed by atoms with van der Waals surface area (Å²) in [4.78, 5) is 28.4. The highest BCUT2D eigenvalue weighted by Gasteiger charge is 2.21. The van der Waals surface area contributed by atoms with Crippen molar-refractivity contribution >= 4 is 17.0 Å². The number of carbonyl (C=O) groups is 1. The smallest absolute Gasteiger partial charge is 0.339 e. The third-order valence-corrected chi connectivity index (χ3v) is 2.53. The lowest BCUT2D eigenvalue weighted by Gasteiger charge is -2.02. The number of aromatic carboxylic acids is 1. The molecule has 5 heteroatoms. The van der Waals surface area contributed by atoms with Crippen molar-refractivity contribution in [2.45, 2.75) is 19.8 Å². The monoisotopic (exact) mass is 220 g/mol.